The largest absolute Gasteiger partial charge is 0.362 e. The Morgan fingerprint density at radius 1 is 1.05 bits per heavy atom. The smallest absolute Gasteiger partial charge is 0.187 e. The first kappa shape index (κ1) is 15.1. The number of carbonyl (C=O) groups is 1. The second-order valence-electron chi connectivity index (χ2n) is 3.98. The zero-order chi connectivity index (χ0) is 14.5. The molecule has 0 heterocycles. The Labute approximate surface area is 135 Å². The topological polar surface area (TPSA) is 29.1 Å². The van der Waals surface area contributed by atoms with E-state index < -0.39 is 0 Å². The fraction of sp³-hybridized carbons (Fsp3) is 0. The van der Waals surface area contributed by atoms with Gasteiger partial charge < -0.3 is 5.32 Å². The van der Waals surface area contributed by atoms with Crippen molar-refractivity contribution in [1.29, 1.82) is 0 Å². The molecular formula is C15H10BrCl2NO. The van der Waals surface area contributed by atoms with Gasteiger partial charge in [0.15, 0.2) is 5.78 Å². The highest BCUT2D eigenvalue weighted by Gasteiger charge is 2.01. The Balaban J connectivity index is 2.00. The van der Waals surface area contributed by atoms with Crippen LogP contribution < -0.4 is 5.32 Å². The van der Waals surface area contributed by atoms with E-state index in [9.17, 15) is 4.79 Å². The Bertz CT molecular complexity index is 653. The van der Waals surface area contributed by atoms with Crippen LogP contribution >= 0.6 is 39.1 Å². The van der Waals surface area contributed by atoms with E-state index in [0.717, 1.165) is 10.2 Å². The molecule has 102 valence electrons. The van der Waals surface area contributed by atoms with Gasteiger partial charge in [0.1, 0.15) is 0 Å². The molecule has 0 spiro atoms. The molecule has 0 aliphatic rings. The number of anilines is 1. The molecular weight excluding hydrogens is 361 g/mol. The summed E-state index contributed by atoms with van der Waals surface area (Å²) >= 11 is 15.0. The second kappa shape index (κ2) is 6.93. The zero-order valence-corrected chi connectivity index (χ0v) is 13.3. The van der Waals surface area contributed by atoms with Gasteiger partial charge in [-0.25, -0.2) is 0 Å². The zero-order valence-electron chi connectivity index (χ0n) is 10.2. The summed E-state index contributed by atoms with van der Waals surface area (Å²) in [5.41, 5.74) is 1.39. The lowest BCUT2D eigenvalue weighted by atomic mass is 10.1. The fourth-order valence-electron chi connectivity index (χ4n) is 1.51. The first-order chi connectivity index (χ1) is 9.56. The van der Waals surface area contributed by atoms with Gasteiger partial charge in [-0.2, -0.15) is 0 Å². The number of nitrogens with one attached hydrogen (secondary N) is 1. The number of benzene rings is 2. The van der Waals surface area contributed by atoms with Crippen LogP contribution in [0, 0.1) is 0 Å². The van der Waals surface area contributed by atoms with Crippen LogP contribution in [0.3, 0.4) is 0 Å². The summed E-state index contributed by atoms with van der Waals surface area (Å²) in [6, 6.07) is 12.3. The number of carbonyl (C=O) groups excluding carboxylic acids is 1. The number of halogens is 3. The third-order valence-corrected chi connectivity index (χ3v) is 3.80. The standard InChI is InChI=1S/C15H10BrCl2NO/c16-11-3-1-10(2-4-11)15(20)7-8-19-12-5-6-13(17)14(18)9-12/h1-9,19H/b8-7+. The minimum atomic E-state index is -0.0786. The van der Waals surface area contributed by atoms with E-state index in [4.69, 9.17) is 23.2 Å². The first-order valence-electron chi connectivity index (χ1n) is 5.74. The van der Waals surface area contributed by atoms with Crippen molar-refractivity contribution >= 4 is 50.6 Å². The van der Waals surface area contributed by atoms with Crippen LogP contribution in [0.5, 0.6) is 0 Å². The first-order valence-corrected chi connectivity index (χ1v) is 7.29. The second-order valence-corrected chi connectivity index (χ2v) is 5.71. The number of rotatable bonds is 4. The van der Waals surface area contributed by atoms with Gasteiger partial charge in [0.05, 0.1) is 10.0 Å². The summed E-state index contributed by atoms with van der Waals surface area (Å²) in [6.45, 7) is 0. The molecule has 0 aliphatic heterocycles. The minimum Gasteiger partial charge on any atom is -0.362 e. The summed E-state index contributed by atoms with van der Waals surface area (Å²) in [4.78, 5) is 11.9. The lowest BCUT2D eigenvalue weighted by molar-refractivity contribution is 0.104. The van der Waals surface area contributed by atoms with Crippen molar-refractivity contribution in [2.24, 2.45) is 0 Å². The van der Waals surface area contributed by atoms with Crippen molar-refractivity contribution in [3.63, 3.8) is 0 Å². The Hall–Kier alpha value is -1.29. The number of ketones is 1. The monoisotopic (exact) mass is 369 g/mol. The van der Waals surface area contributed by atoms with Gasteiger partial charge >= 0.3 is 0 Å². The predicted octanol–water partition coefficient (Wildman–Crippen LogP) is 5.56. The summed E-state index contributed by atoms with van der Waals surface area (Å²) in [7, 11) is 0. The Morgan fingerprint density at radius 3 is 2.40 bits per heavy atom. The lowest BCUT2D eigenvalue weighted by Gasteiger charge is -2.02. The third-order valence-electron chi connectivity index (χ3n) is 2.53. The average molecular weight is 371 g/mol. The van der Waals surface area contributed by atoms with Gasteiger partial charge in [-0.3, -0.25) is 4.79 Å². The molecule has 0 saturated carbocycles. The molecule has 0 radical (unpaired) electrons. The van der Waals surface area contributed by atoms with Gasteiger partial charge in [0, 0.05) is 28.0 Å². The molecule has 2 nitrogen and oxygen atoms in total. The van der Waals surface area contributed by atoms with Crippen LogP contribution in [0.2, 0.25) is 10.0 Å². The van der Waals surface area contributed by atoms with E-state index in [0.29, 0.717) is 15.6 Å². The van der Waals surface area contributed by atoms with E-state index in [1.165, 1.54) is 6.08 Å². The molecule has 0 amide bonds. The average Bonchev–Trinajstić information content (AvgIpc) is 2.43. The number of hydrogen-bond acceptors (Lipinski definition) is 2. The van der Waals surface area contributed by atoms with Crippen molar-refractivity contribution < 1.29 is 4.79 Å². The van der Waals surface area contributed by atoms with Crippen LogP contribution in [0.25, 0.3) is 0 Å². The maximum atomic E-state index is 11.9. The molecule has 0 saturated heterocycles. The van der Waals surface area contributed by atoms with E-state index in [1.807, 2.05) is 12.1 Å². The van der Waals surface area contributed by atoms with Crippen LogP contribution in [-0.2, 0) is 0 Å². The summed E-state index contributed by atoms with van der Waals surface area (Å²) in [6.07, 6.45) is 3.04. The van der Waals surface area contributed by atoms with Crippen molar-refractivity contribution in [3.8, 4) is 0 Å². The van der Waals surface area contributed by atoms with Crippen LogP contribution in [0.4, 0.5) is 5.69 Å². The van der Waals surface area contributed by atoms with Gasteiger partial charge in [-0.1, -0.05) is 39.1 Å². The van der Waals surface area contributed by atoms with Crippen LogP contribution in [0.15, 0.2) is 59.2 Å². The van der Waals surface area contributed by atoms with Crippen LogP contribution in [-0.4, -0.2) is 5.78 Å². The molecule has 0 aliphatic carbocycles. The van der Waals surface area contributed by atoms with Crippen molar-refractivity contribution in [1.82, 2.24) is 0 Å². The van der Waals surface area contributed by atoms with Gasteiger partial charge in [0.25, 0.3) is 0 Å². The van der Waals surface area contributed by atoms with Crippen molar-refractivity contribution in [2.45, 2.75) is 0 Å². The molecule has 0 atom stereocenters. The molecule has 20 heavy (non-hydrogen) atoms. The molecule has 0 bridgehead atoms. The highest BCUT2D eigenvalue weighted by Crippen LogP contribution is 2.24. The summed E-state index contributed by atoms with van der Waals surface area (Å²) in [5.74, 6) is -0.0786. The van der Waals surface area contributed by atoms with Crippen LogP contribution in [0.1, 0.15) is 10.4 Å². The highest BCUT2D eigenvalue weighted by atomic mass is 79.9. The summed E-state index contributed by atoms with van der Waals surface area (Å²) in [5, 5.41) is 3.93. The maximum Gasteiger partial charge on any atom is 0.187 e. The Kier molecular flexibility index (Phi) is 5.24. The molecule has 2 aromatic rings. The lowest BCUT2D eigenvalue weighted by Crippen LogP contribution is -1.96. The predicted molar refractivity (Wildman–Crippen MR) is 87.7 cm³/mol. The highest BCUT2D eigenvalue weighted by molar-refractivity contribution is 9.10. The van der Waals surface area contributed by atoms with E-state index in [-0.39, 0.29) is 5.78 Å². The number of hydrogen-bond donors (Lipinski definition) is 1. The van der Waals surface area contributed by atoms with Gasteiger partial charge in [-0.15, -0.1) is 0 Å². The molecule has 1 N–H and O–H groups in total. The fourth-order valence-corrected chi connectivity index (χ4v) is 2.07. The van der Waals surface area contributed by atoms with Crippen molar-refractivity contribution in [2.75, 3.05) is 5.32 Å². The molecule has 0 fully saturated rings. The maximum absolute atomic E-state index is 11.9. The quantitative estimate of drug-likeness (QED) is 0.563. The molecule has 2 aromatic carbocycles. The normalized spacial score (nSPS) is 10.8. The molecule has 0 unspecified atom stereocenters. The molecule has 5 heteroatoms. The summed E-state index contributed by atoms with van der Waals surface area (Å²) < 4.78 is 0.937. The van der Waals surface area contributed by atoms with Gasteiger partial charge in [0.2, 0.25) is 0 Å². The van der Waals surface area contributed by atoms with E-state index in [2.05, 4.69) is 21.2 Å². The van der Waals surface area contributed by atoms with E-state index in [1.54, 1.807) is 36.5 Å². The number of allylic oxidation sites excluding steroid dienone is 1. The molecule has 0 aromatic heterocycles. The van der Waals surface area contributed by atoms with E-state index >= 15 is 0 Å². The van der Waals surface area contributed by atoms with Gasteiger partial charge in [-0.05, 0) is 42.5 Å². The molecule has 2 rings (SSSR count). The SMILES string of the molecule is O=C(/C=C/Nc1ccc(Cl)c(Cl)c1)c1ccc(Br)cc1. The third kappa shape index (κ3) is 4.10. The Morgan fingerprint density at radius 2 is 1.75 bits per heavy atom. The minimum absolute atomic E-state index is 0.0786. The van der Waals surface area contributed by atoms with Crippen molar-refractivity contribution in [3.05, 3.63) is 74.8 Å².